The molecule has 1 saturated heterocycles. The number of hydrogen-bond donors (Lipinski definition) is 2. The molecule has 4 aromatic carbocycles. The summed E-state index contributed by atoms with van der Waals surface area (Å²) >= 11 is 0. The molecule has 0 aliphatic carbocycles. The second-order valence-electron chi connectivity index (χ2n) is 13.4. The van der Waals surface area contributed by atoms with Crippen LogP contribution in [0.1, 0.15) is 57.8 Å². The fourth-order valence-corrected chi connectivity index (χ4v) is 6.61. The zero-order chi connectivity index (χ0) is 35.9. The number of fused-ring (bicyclic) bond motifs is 1. The predicted octanol–water partition coefficient (Wildman–Crippen LogP) is 7.08. The molecule has 6 aromatic rings. The fourth-order valence-electron chi connectivity index (χ4n) is 6.61. The molecule has 2 aromatic heterocycles. The highest BCUT2D eigenvalue weighted by molar-refractivity contribution is 5.93. The van der Waals surface area contributed by atoms with E-state index in [9.17, 15) is 9.90 Å². The zero-order valence-electron chi connectivity index (χ0n) is 29.4. The number of aliphatic hydroxyl groups is 1. The monoisotopic (exact) mass is 693 g/mol. The van der Waals surface area contributed by atoms with Crippen LogP contribution in [0.2, 0.25) is 0 Å². The van der Waals surface area contributed by atoms with Gasteiger partial charge in [-0.1, -0.05) is 91.9 Å². The number of amides is 1. The van der Waals surface area contributed by atoms with Gasteiger partial charge in [0.1, 0.15) is 5.69 Å². The lowest BCUT2D eigenvalue weighted by Gasteiger charge is -2.42. The highest BCUT2D eigenvalue weighted by atomic mass is 16.7. The Morgan fingerprint density at radius 3 is 2.35 bits per heavy atom. The molecule has 52 heavy (non-hydrogen) atoms. The first-order valence-electron chi connectivity index (χ1n) is 17.7. The van der Waals surface area contributed by atoms with Gasteiger partial charge in [0.15, 0.2) is 6.29 Å². The van der Waals surface area contributed by atoms with Crippen molar-refractivity contribution in [2.45, 2.75) is 45.0 Å². The van der Waals surface area contributed by atoms with Gasteiger partial charge in [0.05, 0.1) is 36.0 Å². The first kappa shape index (κ1) is 35.1. The van der Waals surface area contributed by atoms with E-state index >= 15 is 0 Å². The third-order valence-electron chi connectivity index (χ3n) is 9.67. The minimum absolute atomic E-state index is 0.00118. The summed E-state index contributed by atoms with van der Waals surface area (Å²) in [6.45, 7) is 4.15. The van der Waals surface area contributed by atoms with Crippen LogP contribution in [0.5, 0.6) is 0 Å². The molecule has 1 fully saturated rings. The molecule has 7 rings (SSSR count). The van der Waals surface area contributed by atoms with Gasteiger partial charge < -0.3 is 24.8 Å². The normalized spacial score (nSPS) is 18.8. The minimum atomic E-state index is -0.554. The maximum atomic E-state index is 12.9. The number of rotatable bonds is 12. The Labute approximate surface area is 304 Å². The van der Waals surface area contributed by atoms with Crippen molar-refractivity contribution in [2.75, 3.05) is 20.1 Å². The van der Waals surface area contributed by atoms with Gasteiger partial charge in [-0.25, -0.2) is 4.98 Å². The minimum Gasteiger partial charge on any atom is -0.392 e. The van der Waals surface area contributed by atoms with Crippen molar-refractivity contribution in [3.8, 4) is 11.1 Å². The molecular weight excluding hydrogens is 651 g/mol. The maximum Gasteiger partial charge on any atom is 0.271 e. The molecule has 0 bridgehead atoms. The zero-order valence-corrected chi connectivity index (χ0v) is 29.4. The lowest BCUT2D eigenvalue weighted by Crippen LogP contribution is -2.43. The van der Waals surface area contributed by atoms with E-state index in [1.165, 1.54) is 6.20 Å². The topological polar surface area (TPSA) is 110 Å². The molecule has 1 amide bonds. The molecule has 9 heteroatoms. The molecule has 264 valence electrons. The number of carbonyl (C=O) groups is 1. The van der Waals surface area contributed by atoms with Gasteiger partial charge in [0.25, 0.3) is 5.91 Å². The predicted molar refractivity (Wildman–Crippen MR) is 201 cm³/mol. The standard InChI is InChI=1S/C43H43N5O4/c1-29-40(27-48(2)23-21-36-10-5-6-22-44-36)51-43(52-41(29)33-15-13-30(28-49)14-16-33)34-19-17-32(18-20-34)35-9-7-8-31(24-35)25-46-42(50)39-26-45-37-11-3-4-12-38(37)47-39/h3-20,22,24,26,29,40-41,43,49H,21,23,25,27-28H2,1-2H3,(H,46,50). The molecule has 0 radical (unpaired) electrons. The van der Waals surface area contributed by atoms with Crippen LogP contribution in [0.25, 0.3) is 22.2 Å². The number of aromatic nitrogens is 3. The Morgan fingerprint density at radius 2 is 1.58 bits per heavy atom. The van der Waals surface area contributed by atoms with Crippen molar-refractivity contribution in [1.29, 1.82) is 0 Å². The van der Waals surface area contributed by atoms with Crippen LogP contribution < -0.4 is 5.32 Å². The molecule has 4 atom stereocenters. The Hall–Kier alpha value is -5.32. The van der Waals surface area contributed by atoms with Gasteiger partial charge >= 0.3 is 0 Å². The van der Waals surface area contributed by atoms with Crippen LogP contribution in [-0.4, -0.2) is 57.1 Å². The molecule has 3 heterocycles. The van der Waals surface area contributed by atoms with Gasteiger partial charge in [0, 0.05) is 49.4 Å². The number of para-hydroxylation sites is 2. The van der Waals surface area contributed by atoms with Crippen LogP contribution in [-0.2, 0) is 29.0 Å². The number of nitrogens with zero attached hydrogens (tertiary/aromatic N) is 4. The molecule has 2 N–H and O–H groups in total. The summed E-state index contributed by atoms with van der Waals surface area (Å²) in [5.74, 6) is -0.181. The summed E-state index contributed by atoms with van der Waals surface area (Å²) in [5.41, 5.74) is 8.72. The number of carbonyl (C=O) groups excluding carboxylic acids is 1. The van der Waals surface area contributed by atoms with Crippen LogP contribution in [0.15, 0.2) is 128 Å². The molecule has 4 unspecified atom stereocenters. The summed E-state index contributed by atoms with van der Waals surface area (Å²) in [4.78, 5) is 28.5. The van der Waals surface area contributed by atoms with Gasteiger partial charge in [0.2, 0.25) is 0 Å². The number of ether oxygens (including phenoxy) is 2. The SMILES string of the molecule is CC1C(CN(C)CCc2ccccn2)OC(c2ccc(-c3cccc(CNC(=O)c4cnc5ccccc5n4)c3)cc2)OC1c1ccc(CO)cc1. The van der Waals surface area contributed by atoms with Crippen molar-refractivity contribution in [2.24, 2.45) is 5.92 Å². The fraction of sp³-hybridized carbons (Fsp3) is 0.256. The molecule has 9 nitrogen and oxygen atoms in total. The lowest BCUT2D eigenvalue weighted by molar-refractivity contribution is -0.275. The van der Waals surface area contributed by atoms with E-state index in [4.69, 9.17) is 9.47 Å². The quantitative estimate of drug-likeness (QED) is 0.140. The highest BCUT2D eigenvalue weighted by Crippen LogP contribution is 2.42. The Balaban J connectivity index is 1.04. The van der Waals surface area contributed by atoms with Crippen molar-refractivity contribution in [3.63, 3.8) is 0 Å². The van der Waals surface area contributed by atoms with E-state index in [-0.39, 0.29) is 36.3 Å². The Morgan fingerprint density at radius 1 is 0.808 bits per heavy atom. The van der Waals surface area contributed by atoms with Crippen LogP contribution >= 0.6 is 0 Å². The van der Waals surface area contributed by atoms with E-state index < -0.39 is 6.29 Å². The summed E-state index contributed by atoms with van der Waals surface area (Å²) in [7, 11) is 2.13. The second kappa shape index (κ2) is 16.4. The van der Waals surface area contributed by atoms with Gasteiger partial charge in [-0.15, -0.1) is 0 Å². The van der Waals surface area contributed by atoms with Crippen molar-refractivity contribution in [1.82, 2.24) is 25.2 Å². The van der Waals surface area contributed by atoms with Gasteiger partial charge in [-0.2, -0.15) is 0 Å². The average Bonchev–Trinajstić information content (AvgIpc) is 3.20. The smallest absolute Gasteiger partial charge is 0.271 e. The maximum absolute atomic E-state index is 12.9. The molecule has 1 aliphatic heterocycles. The second-order valence-corrected chi connectivity index (χ2v) is 13.4. The Bertz CT molecular complexity index is 2090. The van der Waals surface area contributed by atoms with Gasteiger partial charge in [-0.3, -0.25) is 14.8 Å². The van der Waals surface area contributed by atoms with Crippen molar-refractivity contribution in [3.05, 3.63) is 161 Å². The van der Waals surface area contributed by atoms with Crippen molar-refractivity contribution >= 4 is 16.9 Å². The van der Waals surface area contributed by atoms with Crippen molar-refractivity contribution < 1.29 is 19.4 Å². The summed E-state index contributed by atoms with van der Waals surface area (Å²) in [6, 6.07) is 38.0. The summed E-state index contributed by atoms with van der Waals surface area (Å²) in [6.07, 6.45) is 3.38. The van der Waals surface area contributed by atoms with Crippen LogP contribution in [0.3, 0.4) is 0 Å². The lowest BCUT2D eigenvalue weighted by atomic mass is 9.90. The molecular formula is C43H43N5O4. The number of benzene rings is 4. The van der Waals surface area contributed by atoms with E-state index in [2.05, 4.69) is 81.6 Å². The van der Waals surface area contributed by atoms with Crippen LogP contribution in [0, 0.1) is 5.92 Å². The third kappa shape index (κ3) is 8.41. The van der Waals surface area contributed by atoms with E-state index in [1.807, 2.05) is 79.0 Å². The summed E-state index contributed by atoms with van der Waals surface area (Å²) in [5, 5.41) is 12.6. The summed E-state index contributed by atoms with van der Waals surface area (Å²) < 4.78 is 13.4. The highest BCUT2D eigenvalue weighted by Gasteiger charge is 2.38. The number of pyridine rings is 1. The van der Waals surface area contributed by atoms with E-state index in [0.717, 1.165) is 64.1 Å². The van der Waals surface area contributed by atoms with Gasteiger partial charge in [-0.05, 0) is 65.2 Å². The average molecular weight is 694 g/mol. The number of aliphatic hydroxyl groups excluding tert-OH is 1. The number of hydrogen-bond acceptors (Lipinski definition) is 8. The van der Waals surface area contributed by atoms with E-state index in [1.54, 1.807) is 0 Å². The molecule has 0 spiro atoms. The van der Waals surface area contributed by atoms with Crippen LogP contribution in [0.4, 0.5) is 0 Å². The first-order chi connectivity index (χ1) is 25.4. The molecule has 1 aliphatic rings. The first-order valence-corrected chi connectivity index (χ1v) is 17.7. The number of likely N-dealkylation sites (N-methyl/N-ethyl adjacent to an activating group) is 1. The van der Waals surface area contributed by atoms with E-state index in [0.29, 0.717) is 12.1 Å². The molecule has 0 saturated carbocycles. The number of nitrogens with one attached hydrogen (secondary N) is 1. The third-order valence-corrected chi connectivity index (χ3v) is 9.67. The largest absolute Gasteiger partial charge is 0.392 e. The Kier molecular flexibility index (Phi) is 11.0.